The van der Waals surface area contributed by atoms with Crippen molar-refractivity contribution in [1.82, 2.24) is 0 Å². The molecule has 0 saturated carbocycles. The first-order chi connectivity index (χ1) is 52.6. The molecule has 1 N–H and O–H groups in total. The van der Waals surface area contributed by atoms with E-state index in [1.54, 1.807) is 146 Å². The van der Waals surface area contributed by atoms with Crippen LogP contribution >= 0.6 is 0 Å². The van der Waals surface area contributed by atoms with Crippen molar-refractivity contribution >= 4 is 41.8 Å². The first kappa shape index (κ1) is 75.6. The van der Waals surface area contributed by atoms with Crippen LogP contribution in [0.25, 0.3) is 22.3 Å². The molecule has 0 aliphatic heterocycles. The molecule has 20 nitrogen and oxygen atoms in total. The van der Waals surface area contributed by atoms with Crippen LogP contribution in [-0.4, -0.2) is 106 Å². The van der Waals surface area contributed by atoms with E-state index in [9.17, 15) is 38.7 Å². The van der Waals surface area contributed by atoms with Gasteiger partial charge < -0.3 is 61.9 Å². The topological polar surface area (TPSA) is 250 Å². The average molecular weight is 1450 g/mol. The van der Waals surface area contributed by atoms with E-state index >= 15 is 0 Å². The summed E-state index contributed by atoms with van der Waals surface area (Å²) in [5.74, 6) is 11.5. The minimum atomic E-state index is -1.06. The van der Waals surface area contributed by atoms with Gasteiger partial charge in [0, 0.05) is 55.0 Å². The van der Waals surface area contributed by atoms with Crippen molar-refractivity contribution in [3.8, 4) is 91.9 Å². The van der Waals surface area contributed by atoms with Gasteiger partial charge in [0.2, 0.25) is 0 Å². The first-order valence-electron chi connectivity index (χ1n) is 34.4. The SMILES string of the molecule is C=CC(=O)OCCCOc1ccc(C(=O)Oc2ccc3c(c2)C(C#Cc2ccc(C#CC4c5cc(OC(=O)c6ccc(OCCCOC(=O)C=C)cc6)ccc5-c5ccc(OC(=O)c6ccc(OCCCOC(O)C=C)cc6)cc54)cc2)c2cc(OC(=O)c4ccc(OCCCOC(=O)C=C)cc4)ccc2-3)cc1. The summed E-state index contributed by atoms with van der Waals surface area (Å²) in [6.07, 6.45) is 5.35. The van der Waals surface area contributed by atoms with Gasteiger partial charge in [-0.05, 0) is 220 Å². The molecule has 0 fully saturated rings. The number of fused-ring (bicyclic) bond motifs is 6. The maximum absolute atomic E-state index is 13.7. The normalized spacial score (nSPS) is 12.1. The van der Waals surface area contributed by atoms with Crippen LogP contribution in [0.2, 0.25) is 0 Å². The molecule has 9 aromatic rings. The molecule has 0 amide bonds. The van der Waals surface area contributed by atoms with Crippen LogP contribution < -0.4 is 37.9 Å². The zero-order valence-electron chi connectivity index (χ0n) is 58.5. The van der Waals surface area contributed by atoms with Crippen molar-refractivity contribution in [2.75, 3.05) is 52.9 Å². The highest BCUT2D eigenvalue weighted by atomic mass is 16.6. The van der Waals surface area contributed by atoms with Crippen LogP contribution in [0.15, 0.2) is 245 Å². The average Bonchev–Trinajstić information content (AvgIpc) is 1.61. The smallest absolute Gasteiger partial charge is 0.343 e. The van der Waals surface area contributed by atoms with Crippen molar-refractivity contribution in [3.63, 3.8) is 0 Å². The number of hydrogen-bond donors (Lipinski definition) is 1. The summed E-state index contributed by atoms with van der Waals surface area (Å²) in [6.45, 7) is 15.5. The number of hydrogen-bond acceptors (Lipinski definition) is 20. The molecule has 2 unspecified atom stereocenters. The predicted molar refractivity (Wildman–Crippen MR) is 399 cm³/mol. The highest BCUT2D eigenvalue weighted by molar-refractivity contribution is 5.95. The second-order valence-corrected chi connectivity index (χ2v) is 24.1. The molecular formula is C88H72O20. The van der Waals surface area contributed by atoms with E-state index in [0.717, 1.165) is 62.7 Å². The lowest BCUT2D eigenvalue weighted by atomic mass is 9.96. The summed E-state index contributed by atoms with van der Waals surface area (Å²) in [5, 5.41) is 9.56. The van der Waals surface area contributed by atoms with E-state index < -0.39 is 59.9 Å². The molecule has 2 atom stereocenters. The molecule has 0 saturated heterocycles. The fourth-order valence-corrected chi connectivity index (χ4v) is 11.3. The molecule has 2 aliphatic carbocycles. The summed E-state index contributed by atoms with van der Waals surface area (Å²) in [6, 6.07) is 54.6. The Labute approximate surface area is 623 Å². The van der Waals surface area contributed by atoms with Crippen LogP contribution in [-0.2, 0) is 33.3 Å². The quantitative estimate of drug-likeness (QED) is 0.00586. The Morgan fingerprint density at radius 2 is 0.583 bits per heavy atom. The number of carbonyl (C=O) groups excluding carboxylic acids is 7. The van der Waals surface area contributed by atoms with Gasteiger partial charge in [0.05, 0.1) is 86.9 Å². The number of esters is 7. The van der Waals surface area contributed by atoms with Gasteiger partial charge in [-0.15, -0.1) is 0 Å². The van der Waals surface area contributed by atoms with E-state index in [1.807, 2.05) is 48.5 Å². The summed E-state index contributed by atoms with van der Waals surface area (Å²) in [5.41, 5.74) is 8.62. The zero-order chi connectivity index (χ0) is 75.7. The van der Waals surface area contributed by atoms with Crippen molar-refractivity contribution in [2.45, 2.75) is 43.8 Å². The number of rotatable bonds is 33. The molecular weight excluding hydrogens is 1380 g/mol. The Balaban J connectivity index is 0.831. The van der Waals surface area contributed by atoms with Gasteiger partial charge in [-0.25, -0.2) is 33.6 Å². The fourth-order valence-electron chi connectivity index (χ4n) is 11.3. The van der Waals surface area contributed by atoms with Crippen molar-refractivity contribution < 1.29 is 95.5 Å². The van der Waals surface area contributed by atoms with Crippen LogP contribution in [0.1, 0.15) is 112 Å². The van der Waals surface area contributed by atoms with Gasteiger partial charge in [-0.3, -0.25) is 0 Å². The van der Waals surface area contributed by atoms with Crippen LogP contribution in [0.5, 0.6) is 46.0 Å². The molecule has 108 heavy (non-hydrogen) atoms. The Kier molecular flexibility index (Phi) is 26.1. The second-order valence-electron chi connectivity index (χ2n) is 24.1. The third kappa shape index (κ3) is 20.5. The maximum Gasteiger partial charge on any atom is 0.343 e. The summed E-state index contributed by atoms with van der Waals surface area (Å²) >= 11 is 0. The maximum atomic E-state index is 13.7. The van der Waals surface area contributed by atoms with Crippen molar-refractivity contribution in [1.29, 1.82) is 0 Å². The Bertz CT molecular complexity index is 4820. The molecule has 9 aromatic carbocycles. The standard InChI is InChI=1S/C88H72O20/c1-5-81(89)101-49-9-45-97-63-27-19-59(20-28-63)85(93)105-67-35-41-71-72-42-36-68(106-86(94)60-21-29-64(30-22-60)98-46-10-50-102-82(90)6-2)54-78(72)75(77(71)53-67)39-17-57-13-15-58(16-14-57)18-40-76-79-55-69(107-87(95)61-23-31-65(32-24-61)99-47-11-51-103-83(91)7-3)37-43-73(79)74-44-38-70(56-80(74)76)108-88(96)62-25-33-66(34-26-62)100-48-12-52-104-84(92)8-4/h5-8,13-16,19-38,41-44,53-56,75-76,81,89H,1-4,9-12,45-52H2. The molecule has 2 aliphatic rings. The highest BCUT2D eigenvalue weighted by Gasteiger charge is 2.32. The van der Waals surface area contributed by atoms with Gasteiger partial charge in [0.1, 0.15) is 46.0 Å². The molecule has 0 spiro atoms. The van der Waals surface area contributed by atoms with E-state index in [-0.39, 0.29) is 91.5 Å². The Hall–Kier alpha value is -13.5. The van der Waals surface area contributed by atoms with Crippen molar-refractivity contribution in [3.05, 3.63) is 300 Å². The molecule has 11 rings (SSSR count). The van der Waals surface area contributed by atoms with Crippen LogP contribution in [0.3, 0.4) is 0 Å². The minimum Gasteiger partial charge on any atom is -0.494 e. The first-order valence-corrected chi connectivity index (χ1v) is 34.4. The van der Waals surface area contributed by atoms with Gasteiger partial charge in [0.25, 0.3) is 0 Å². The number of benzene rings is 9. The van der Waals surface area contributed by atoms with Gasteiger partial charge in [-0.2, -0.15) is 0 Å². The summed E-state index contributed by atoms with van der Waals surface area (Å²) in [7, 11) is 0. The molecule has 0 radical (unpaired) electrons. The van der Waals surface area contributed by atoms with Crippen LogP contribution in [0, 0.1) is 23.7 Å². The number of aliphatic hydroxyl groups excluding tert-OH is 1. The molecule has 0 bridgehead atoms. The third-order valence-electron chi connectivity index (χ3n) is 16.7. The van der Waals surface area contributed by atoms with Gasteiger partial charge >= 0.3 is 41.8 Å². The molecule has 544 valence electrons. The Morgan fingerprint density at radius 3 is 0.833 bits per heavy atom. The van der Waals surface area contributed by atoms with E-state index in [2.05, 4.69) is 50.0 Å². The molecule has 0 aromatic heterocycles. The Morgan fingerprint density at radius 1 is 0.333 bits per heavy atom. The van der Waals surface area contributed by atoms with E-state index in [4.69, 9.17) is 56.8 Å². The summed E-state index contributed by atoms with van der Waals surface area (Å²) in [4.78, 5) is 88.9. The largest absolute Gasteiger partial charge is 0.494 e. The third-order valence-corrected chi connectivity index (χ3v) is 16.7. The molecule has 0 heterocycles. The lowest BCUT2D eigenvalue weighted by Gasteiger charge is -2.11. The lowest BCUT2D eigenvalue weighted by molar-refractivity contribution is -0.138. The lowest BCUT2D eigenvalue weighted by Crippen LogP contribution is -2.11. The zero-order valence-corrected chi connectivity index (χ0v) is 58.5. The molecule has 20 heteroatoms. The van der Waals surface area contributed by atoms with Gasteiger partial charge in [0.15, 0.2) is 6.29 Å². The van der Waals surface area contributed by atoms with E-state index in [0.29, 0.717) is 66.4 Å². The fraction of sp³-hybridized carbons (Fsp3) is 0.170. The monoisotopic (exact) mass is 1450 g/mol. The minimum absolute atomic E-state index is 0.162. The summed E-state index contributed by atoms with van der Waals surface area (Å²) < 4.78 is 67.2. The number of carbonyl (C=O) groups is 7. The number of ether oxygens (including phenoxy) is 12. The number of aliphatic hydroxyl groups is 1. The second kappa shape index (κ2) is 37.3. The van der Waals surface area contributed by atoms with Crippen LogP contribution in [0.4, 0.5) is 0 Å². The van der Waals surface area contributed by atoms with E-state index in [1.165, 1.54) is 6.08 Å². The highest BCUT2D eigenvalue weighted by Crippen LogP contribution is 2.49. The van der Waals surface area contributed by atoms with Gasteiger partial charge in [-0.1, -0.05) is 74.3 Å². The predicted octanol–water partition coefficient (Wildman–Crippen LogP) is 14.7. The van der Waals surface area contributed by atoms with Crippen molar-refractivity contribution in [2.24, 2.45) is 0 Å².